The average molecular weight is 398 g/mol. The van der Waals surface area contributed by atoms with Gasteiger partial charge in [-0.15, -0.1) is 0 Å². The van der Waals surface area contributed by atoms with Crippen molar-refractivity contribution in [2.75, 3.05) is 39.4 Å². The Labute approximate surface area is 169 Å². The number of aromatic carboxylic acids is 1. The molecular formula is C21H26N4O4. The number of ether oxygens (including phenoxy) is 1. The summed E-state index contributed by atoms with van der Waals surface area (Å²) in [5, 5.41) is 13.3. The lowest BCUT2D eigenvalue weighted by Crippen LogP contribution is -2.47. The first kappa shape index (κ1) is 19.6. The van der Waals surface area contributed by atoms with Gasteiger partial charge in [0.1, 0.15) is 5.56 Å². The Balaban J connectivity index is 1.46. The first-order valence-electron chi connectivity index (χ1n) is 9.95. The Morgan fingerprint density at radius 3 is 2.45 bits per heavy atom. The second kappa shape index (κ2) is 7.96. The molecular weight excluding hydrogens is 372 g/mol. The lowest BCUT2D eigenvalue weighted by atomic mass is 10.0. The molecule has 2 atom stereocenters. The highest BCUT2D eigenvalue weighted by Gasteiger charge is 2.36. The van der Waals surface area contributed by atoms with Crippen molar-refractivity contribution >= 4 is 11.9 Å². The summed E-state index contributed by atoms with van der Waals surface area (Å²) in [5.41, 5.74) is 2.09. The van der Waals surface area contributed by atoms with Gasteiger partial charge in [-0.3, -0.25) is 9.69 Å². The smallest absolute Gasteiger partial charge is 0.339 e. The van der Waals surface area contributed by atoms with E-state index in [0.717, 1.165) is 45.1 Å². The van der Waals surface area contributed by atoms with Gasteiger partial charge in [0.05, 0.1) is 30.8 Å². The molecule has 1 aromatic heterocycles. The molecule has 1 aromatic carbocycles. The van der Waals surface area contributed by atoms with Gasteiger partial charge < -0.3 is 14.7 Å². The van der Waals surface area contributed by atoms with Crippen molar-refractivity contribution in [3.63, 3.8) is 0 Å². The second-order valence-electron chi connectivity index (χ2n) is 7.81. The van der Waals surface area contributed by atoms with Crippen LogP contribution in [0.25, 0.3) is 5.69 Å². The van der Waals surface area contributed by atoms with Gasteiger partial charge in [0.25, 0.3) is 5.91 Å². The van der Waals surface area contributed by atoms with E-state index in [0.29, 0.717) is 23.2 Å². The molecule has 0 spiro atoms. The number of carbonyl (C=O) groups excluding carboxylic acids is 1. The van der Waals surface area contributed by atoms with Crippen molar-refractivity contribution in [3.8, 4) is 5.69 Å². The lowest BCUT2D eigenvalue weighted by molar-refractivity contribution is 0.0119. The third kappa shape index (κ3) is 3.77. The van der Waals surface area contributed by atoms with Crippen molar-refractivity contribution in [1.29, 1.82) is 0 Å². The van der Waals surface area contributed by atoms with Crippen LogP contribution in [0.3, 0.4) is 0 Å². The number of likely N-dealkylation sites (tertiary alicyclic amines) is 1. The summed E-state index contributed by atoms with van der Waals surface area (Å²) >= 11 is 0. The largest absolute Gasteiger partial charge is 0.478 e. The van der Waals surface area contributed by atoms with Gasteiger partial charge in [0.2, 0.25) is 0 Å². The normalized spacial score (nSPS) is 22.8. The van der Waals surface area contributed by atoms with E-state index in [9.17, 15) is 14.7 Å². The third-order valence-corrected chi connectivity index (χ3v) is 5.97. The van der Waals surface area contributed by atoms with E-state index in [-0.39, 0.29) is 11.5 Å². The molecule has 0 aliphatic carbocycles. The summed E-state index contributed by atoms with van der Waals surface area (Å²) < 4.78 is 7.02. The van der Waals surface area contributed by atoms with Gasteiger partial charge in [0.15, 0.2) is 0 Å². The number of hydrogen-bond donors (Lipinski definition) is 1. The van der Waals surface area contributed by atoms with Crippen molar-refractivity contribution in [3.05, 3.63) is 47.3 Å². The van der Waals surface area contributed by atoms with Crippen molar-refractivity contribution in [2.24, 2.45) is 5.92 Å². The van der Waals surface area contributed by atoms with Gasteiger partial charge in [-0.2, -0.15) is 5.10 Å². The minimum Gasteiger partial charge on any atom is -0.478 e. The topological polar surface area (TPSA) is 87.9 Å². The summed E-state index contributed by atoms with van der Waals surface area (Å²) in [6, 6.07) is 7.55. The first-order chi connectivity index (χ1) is 14.0. The number of nitrogens with zero attached hydrogens (tertiary/aromatic N) is 4. The minimum absolute atomic E-state index is 0.0302. The zero-order valence-corrected chi connectivity index (χ0v) is 16.7. The number of benzene rings is 1. The number of morpholine rings is 1. The quantitative estimate of drug-likeness (QED) is 0.843. The first-order valence-corrected chi connectivity index (χ1v) is 9.95. The molecule has 1 amide bonds. The van der Waals surface area contributed by atoms with Crippen LogP contribution >= 0.6 is 0 Å². The molecule has 1 N–H and O–H groups in total. The molecule has 0 radical (unpaired) electrons. The summed E-state index contributed by atoms with van der Waals surface area (Å²) in [6.45, 7) is 8.78. The summed E-state index contributed by atoms with van der Waals surface area (Å²) in [4.78, 5) is 28.6. The van der Waals surface area contributed by atoms with Crippen LogP contribution < -0.4 is 0 Å². The van der Waals surface area contributed by atoms with E-state index < -0.39 is 5.97 Å². The number of hydrogen-bond acceptors (Lipinski definition) is 5. The van der Waals surface area contributed by atoms with Crippen LogP contribution in [-0.4, -0.2) is 82.0 Å². The Kier molecular flexibility index (Phi) is 5.38. The summed E-state index contributed by atoms with van der Waals surface area (Å²) in [5.74, 6) is -0.543. The number of carbonyl (C=O) groups is 2. The van der Waals surface area contributed by atoms with Gasteiger partial charge in [-0.05, 0) is 37.1 Å². The van der Waals surface area contributed by atoms with Gasteiger partial charge in [0, 0.05) is 37.8 Å². The Morgan fingerprint density at radius 2 is 1.83 bits per heavy atom. The van der Waals surface area contributed by atoms with E-state index in [1.807, 2.05) is 4.90 Å². The van der Waals surface area contributed by atoms with E-state index >= 15 is 0 Å². The molecule has 2 aromatic rings. The third-order valence-electron chi connectivity index (χ3n) is 5.97. The molecule has 2 fully saturated rings. The maximum Gasteiger partial charge on any atom is 0.339 e. The highest BCUT2D eigenvalue weighted by molar-refractivity contribution is 5.94. The molecule has 2 aliphatic rings. The zero-order valence-electron chi connectivity index (χ0n) is 16.7. The van der Waals surface area contributed by atoms with E-state index in [1.165, 1.54) is 6.20 Å². The maximum atomic E-state index is 13.0. The zero-order chi connectivity index (χ0) is 20.5. The van der Waals surface area contributed by atoms with Gasteiger partial charge in [-0.25, -0.2) is 9.48 Å². The van der Waals surface area contributed by atoms with Crippen LogP contribution in [0, 0.1) is 12.8 Å². The molecule has 2 saturated heterocycles. The Hall–Kier alpha value is -2.71. The maximum absolute atomic E-state index is 13.0. The Morgan fingerprint density at radius 1 is 1.14 bits per heavy atom. The van der Waals surface area contributed by atoms with Crippen LogP contribution in [-0.2, 0) is 4.74 Å². The number of rotatable bonds is 4. The van der Waals surface area contributed by atoms with Crippen LogP contribution in [0.15, 0.2) is 30.5 Å². The van der Waals surface area contributed by atoms with Gasteiger partial charge >= 0.3 is 5.97 Å². The van der Waals surface area contributed by atoms with E-state index in [1.54, 1.807) is 35.9 Å². The molecule has 0 saturated carbocycles. The van der Waals surface area contributed by atoms with E-state index in [2.05, 4.69) is 16.9 Å². The second-order valence-corrected chi connectivity index (χ2v) is 7.81. The highest BCUT2D eigenvalue weighted by Crippen LogP contribution is 2.25. The average Bonchev–Trinajstić information content (AvgIpc) is 3.31. The van der Waals surface area contributed by atoms with Crippen molar-refractivity contribution in [2.45, 2.75) is 19.9 Å². The highest BCUT2D eigenvalue weighted by atomic mass is 16.5. The predicted octanol–water partition coefficient (Wildman–Crippen LogP) is 1.67. The molecule has 8 nitrogen and oxygen atoms in total. The fraction of sp³-hybridized carbons (Fsp3) is 0.476. The molecule has 3 heterocycles. The summed E-state index contributed by atoms with van der Waals surface area (Å²) in [7, 11) is 0. The van der Waals surface area contributed by atoms with Crippen LogP contribution in [0.5, 0.6) is 0 Å². The fourth-order valence-corrected chi connectivity index (χ4v) is 4.31. The number of amides is 1. The van der Waals surface area contributed by atoms with Crippen LogP contribution in [0.4, 0.5) is 0 Å². The molecule has 2 unspecified atom stereocenters. The van der Waals surface area contributed by atoms with Crippen molar-refractivity contribution < 1.29 is 19.4 Å². The standard InChI is InChI=1S/C21H26N4O4/c1-14-12-24(13-19(14)23-7-9-29-10-8-23)20(26)16-3-5-17(6-4-16)25-15(2)18(11-22-25)21(27)28/h3-6,11,14,19H,7-10,12-13H2,1-2H3,(H,27,28). The molecule has 0 bridgehead atoms. The number of carboxylic acid groups (broad SMARTS) is 1. The predicted molar refractivity (Wildman–Crippen MR) is 107 cm³/mol. The fourth-order valence-electron chi connectivity index (χ4n) is 4.31. The molecule has 4 rings (SSSR count). The van der Waals surface area contributed by atoms with Gasteiger partial charge in [-0.1, -0.05) is 6.92 Å². The molecule has 8 heteroatoms. The minimum atomic E-state index is -1.00. The number of carboxylic acids is 1. The Bertz CT molecular complexity index is 902. The van der Waals surface area contributed by atoms with Crippen LogP contribution in [0.1, 0.15) is 33.3 Å². The monoisotopic (exact) mass is 398 g/mol. The molecule has 29 heavy (non-hydrogen) atoms. The lowest BCUT2D eigenvalue weighted by Gasteiger charge is -2.34. The van der Waals surface area contributed by atoms with E-state index in [4.69, 9.17) is 4.74 Å². The van der Waals surface area contributed by atoms with Crippen molar-refractivity contribution in [1.82, 2.24) is 19.6 Å². The summed E-state index contributed by atoms with van der Waals surface area (Å²) in [6.07, 6.45) is 1.34. The molecule has 154 valence electrons. The van der Waals surface area contributed by atoms with Crippen LogP contribution in [0.2, 0.25) is 0 Å². The number of aromatic nitrogens is 2. The SMILES string of the molecule is Cc1c(C(=O)O)cnn1-c1ccc(C(=O)N2CC(C)C(N3CCOCC3)C2)cc1. The molecule has 2 aliphatic heterocycles.